The standard InChI is InChI=1S/C32H35ClFN3O3/c1-24(35-29-12-8-27(33)9-13-29)23-37-19-17-36(18-20-37)16-3-21-40-31-15-5-25(22-32(31)39-2)4-14-30(38)26-6-10-28(34)11-7-26/h4-15,22,35H,1,3,16-21,23H2,2H3/b14-4+. The minimum Gasteiger partial charge on any atom is -0.493 e. The van der Waals surface area contributed by atoms with E-state index in [1.807, 2.05) is 42.5 Å². The molecule has 210 valence electrons. The monoisotopic (exact) mass is 563 g/mol. The Balaban J connectivity index is 1.16. The summed E-state index contributed by atoms with van der Waals surface area (Å²) in [5.41, 5.74) is 3.21. The number of anilines is 1. The van der Waals surface area contributed by atoms with Gasteiger partial charge < -0.3 is 19.7 Å². The van der Waals surface area contributed by atoms with E-state index in [4.69, 9.17) is 21.1 Å². The second-order valence-electron chi connectivity index (χ2n) is 9.67. The number of nitrogens with one attached hydrogen (secondary N) is 1. The third-order valence-corrected chi connectivity index (χ3v) is 6.92. The van der Waals surface area contributed by atoms with Gasteiger partial charge in [0.05, 0.1) is 13.7 Å². The number of carbonyl (C=O) groups is 1. The second kappa shape index (κ2) is 14.7. The van der Waals surface area contributed by atoms with E-state index in [1.54, 1.807) is 13.2 Å². The molecule has 0 radical (unpaired) electrons. The second-order valence-corrected chi connectivity index (χ2v) is 10.1. The molecule has 3 aromatic carbocycles. The van der Waals surface area contributed by atoms with E-state index in [0.29, 0.717) is 23.7 Å². The summed E-state index contributed by atoms with van der Waals surface area (Å²) in [7, 11) is 1.60. The lowest BCUT2D eigenvalue weighted by Gasteiger charge is -2.35. The van der Waals surface area contributed by atoms with Crippen LogP contribution in [0.1, 0.15) is 22.3 Å². The average molecular weight is 564 g/mol. The normalized spacial score (nSPS) is 14.3. The van der Waals surface area contributed by atoms with Crippen LogP contribution in [-0.2, 0) is 0 Å². The summed E-state index contributed by atoms with van der Waals surface area (Å²) in [6, 6.07) is 18.7. The van der Waals surface area contributed by atoms with Gasteiger partial charge in [0.15, 0.2) is 17.3 Å². The molecular formula is C32H35ClFN3O3. The van der Waals surface area contributed by atoms with Crippen molar-refractivity contribution in [2.75, 3.05) is 58.3 Å². The smallest absolute Gasteiger partial charge is 0.185 e. The van der Waals surface area contributed by atoms with Crippen LogP contribution in [0.3, 0.4) is 0 Å². The first kappa shape index (κ1) is 29.3. The third-order valence-electron chi connectivity index (χ3n) is 6.66. The summed E-state index contributed by atoms with van der Waals surface area (Å²) in [5, 5.41) is 4.07. The molecule has 6 nitrogen and oxygen atoms in total. The van der Waals surface area contributed by atoms with Crippen LogP contribution in [0.4, 0.5) is 10.1 Å². The Morgan fingerprint density at radius 2 is 1.70 bits per heavy atom. The quantitative estimate of drug-likeness (QED) is 0.148. The summed E-state index contributed by atoms with van der Waals surface area (Å²) in [6.07, 6.45) is 4.08. The molecule has 1 aliphatic rings. The Hall–Kier alpha value is -3.65. The molecule has 0 atom stereocenters. The van der Waals surface area contributed by atoms with Crippen molar-refractivity contribution in [1.29, 1.82) is 0 Å². The van der Waals surface area contributed by atoms with Gasteiger partial charge >= 0.3 is 0 Å². The molecule has 0 spiro atoms. The van der Waals surface area contributed by atoms with Crippen molar-refractivity contribution >= 4 is 29.1 Å². The van der Waals surface area contributed by atoms with Crippen LogP contribution < -0.4 is 14.8 Å². The Kier molecular flexibility index (Phi) is 10.7. The van der Waals surface area contributed by atoms with Crippen molar-refractivity contribution in [3.05, 3.63) is 107 Å². The molecule has 0 amide bonds. The van der Waals surface area contributed by atoms with Gasteiger partial charge in [-0.1, -0.05) is 30.3 Å². The maximum atomic E-state index is 13.1. The topological polar surface area (TPSA) is 54.0 Å². The van der Waals surface area contributed by atoms with Crippen LogP contribution in [0, 0.1) is 5.82 Å². The number of benzene rings is 3. The average Bonchev–Trinajstić information content (AvgIpc) is 2.96. The summed E-state index contributed by atoms with van der Waals surface area (Å²) in [6.45, 7) is 10.5. The highest BCUT2D eigenvalue weighted by molar-refractivity contribution is 6.30. The van der Waals surface area contributed by atoms with E-state index in [1.165, 1.54) is 30.3 Å². The van der Waals surface area contributed by atoms with Crippen molar-refractivity contribution in [2.45, 2.75) is 6.42 Å². The highest BCUT2D eigenvalue weighted by atomic mass is 35.5. The zero-order valence-corrected chi connectivity index (χ0v) is 23.5. The molecule has 0 aromatic heterocycles. The van der Waals surface area contributed by atoms with Crippen molar-refractivity contribution in [2.24, 2.45) is 0 Å². The van der Waals surface area contributed by atoms with Gasteiger partial charge in [0, 0.05) is 61.2 Å². The van der Waals surface area contributed by atoms with Crippen LogP contribution in [0.25, 0.3) is 6.08 Å². The van der Waals surface area contributed by atoms with Gasteiger partial charge in [0.25, 0.3) is 0 Å². The Morgan fingerprint density at radius 1 is 1.00 bits per heavy atom. The van der Waals surface area contributed by atoms with E-state index in [0.717, 1.165) is 67.7 Å². The van der Waals surface area contributed by atoms with E-state index in [9.17, 15) is 9.18 Å². The zero-order valence-electron chi connectivity index (χ0n) is 22.7. The molecule has 0 aliphatic carbocycles. The number of methoxy groups -OCH3 is 1. The fraction of sp³-hybridized carbons (Fsp3) is 0.281. The summed E-state index contributed by atoms with van der Waals surface area (Å²) in [4.78, 5) is 17.2. The van der Waals surface area contributed by atoms with Crippen LogP contribution in [0.2, 0.25) is 5.02 Å². The summed E-state index contributed by atoms with van der Waals surface area (Å²) in [5.74, 6) is 0.711. The van der Waals surface area contributed by atoms with Crippen molar-refractivity contribution in [3.63, 3.8) is 0 Å². The predicted octanol–water partition coefficient (Wildman–Crippen LogP) is 6.40. The molecule has 1 saturated heterocycles. The van der Waals surface area contributed by atoms with E-state index >= 15 is 0 Å². The van der Waals surface area contributed by atoms with E-state index in [2.05, 4.69) is 21.7 Å². The van der Waals surface area contributed by atoms with Crippen molar-refractivity contribution < 1.29 is 18.7 Å². The number of ether oxygens (including phenoxy) is 2. The zero-order chi connectivity index (χ0) is 28.3. The molecule has 40 heavy (non-hydrogen) atoms. The fourth-order valence-corrected chi connectivity index (χ4v) is 4.60. The van der Waals surface area contributed by atoms with Gasteiger partial charge in [-0.15, -0.1) is 0 Å². The molecule has 8 heteroatoms. The van der Waals surface area contributed by atoms with Gasteiger partial charge in [-0.25, -0.2) is 4.39 Å². The number of ketones is 1. The summed E-state index contributed by atoms with van der Waals surface area (Å²) >= 11 is 5.96. The number of rotatable bonds is 13. The van der Waals surface area contributed by atoms with Gasteiger partial charge in [-0.2, -0.15) is 0 Å². The highest BCUT2D eigenvalue weighted by Crippen LogP contribution is 2.29. The highest BCUT2D eigenvalue weighted by Gasteiger charge is 2.17. The first-order valence-corrected chi connectivity index (χ1v) is 13.7. The first-order chi connectivity index (χ1) is 19.4. The molecule has 1 aliphatic heterocycles. The molecular weight excluding hydrogens is 529 g/mol. The number of piperazine rings is 1. The molecule has 0 bridgehead atoms. The molecule has 4 rings (SSSR count). The minimum atomic E-state index is -0.370. The Morgan fingerprint density at radius 3 is 2.40 bits per heavy atom. The lowest BCUT2D eigenvalue weighted by molar-refractivity contribution is 0.104. The minimum absolute atomic E-state index is 0.195. The third kappa shape index (κ3) is 8.95. The van der Waals surface area contributed by atoms with Crippen LogP contribution >= 0.6 is 11.6 Å². The Labute approximate surface area is 240 Å². The van der Waals surface area contributed by atoms with Gasteiger partial charge in [-0.3, -0.25) is 9.69 Å². The Bertz CT molecular complexity index is 1300. The maximum Gasteiger partial charge on any atom is 0.185 e. The maximum absolute atomic E-state index is 13.1. The lowest BCUT2D eigenvalue weighted by Crippen LogP contribution is -2.47. The number of nitrogens with zero attached hydrogens (tertiary/aromatic N) is 2. The van der Waals surface area contributed by atoms with E-state index in [-0.39, 0.29) is 11.6 Å². The molecule has 1 N–H and O–H groups in total. The number of allylic oxidation sites excluding steroid dienone is 1. The number of carbonyl (C=O) groups excluding carboxylic acids is 1. The van der Waals surface area contributed by atoms with E-state index < -0.39 is 0 Å². The SMILES string of the molecule is C=C(CN1CCN(CCCOc2ccc(/C=C/C(=O)c3ccc(F)cc3)cc2OC)CC1)Nc1ccc(Cl)cc1. The van der Waals surface area contributed by atoms with Gasteiger partial charge in [-0.05, 0) is 78.7 Å². The predicted molar refractivity (Wildman–Crippen MR) is 160 cm³/mol. The molecule has 1 fully saturated rings. The largest absolute Gasteiger partial charge is 0.493 e. The van der Waals surface area contributed by atoms with Crippen LogP contribution in [-0.4, -0.2) is 68.6 Å². The fourth-order valence-electron chi connectivity index (χ4n) is 4.48. The molecule has 1 heterocycles. The van der Waals surface area contributed by atoms with Crippen LogP contribution in [0.15, 0.2) is 85.1 Å². The van der Waals surface area contributed by atoms with Crippen LogP contribution in [0.5, 0.6) is 11.5 Å². The number of halogens is 2. The van der Waals surface area contributed by atoms with Crippen molar-refractivity contribution in [1.82, 2.24) is 9.80 Å². The first-order valence-electron chi connectivity index (χ1n) is 13.3. The number of hydrogen-bond acceptors (Lipinski definition) is 6. The lowest BCUT2D eigenvalue weighted by atomic mass is 10.1. The van der Waals surface area contributed by atoms with Gasteiger partial charge in [0.1, 0.15) is 5.82 Å². The van der Waals surface area contributed by atoms with Gasteiger partial charge in [0.2, 0.25) is 0 Å². The summed E-state index contributed by atoms with van der Waals surface area (Å²) < 4.78 is 24.6. The molecule has 0 saturated carbocycles. The molecule has 0 unspecified atom stereocenters. The number of hydrogen-bond donors (Lipinski definition) is 1. The van der Waals surface area contributed by atoms with Crippen molar-refractivity contribution in [3.8, 4) is 11.5 Å². The molecule has 3 aromatic rings.